The van der Waals surface area contributed by atoms with Gasteiger partial charge < -0.3 is 9.47 Å². The maximum atomic E-state index is 6.02. The number of hydrogen-bond acceptors (Lipinski definition) is 4. The molecule has 3 rings (SSSR count). The average Bonchev–Trinajstić information content (AvgIpc) is 2.46. The lowest BCUT2D eigenvalue weighted by atomic mass is 10.1. The van der Waals surface area contributed by atoms with Crippen molar-refractivity contribution in [1.29, 1.82) is 0 Å². The molecule has 0 aliphatic carbocycles. The number of rotatable bonds is 0. The van der Waals surface area contributed by atoms with Crippen LogP contribution in [-0.2, 0) is 0 Å². The first kappa shape index (κ1) is 12.9. The van der Waals surface area contributed by atoms with Crippen molar-refractivity contribution in [2.75, 3.05) is 0 Å². The second kappa shape index (κ2) is 5.49. The molecule has 1 aliphatic heterocycles. The third-order valence-electron chi connectivity index (χ3n) is 3.40. The average molecular weight is 270 g/mol. The van der Waals surface area contributed by atoms with Gasteiger partial charge in [0.15, 0.2) is 0 Å². The Morgan fingerprint density at radius 1 is 0.850 bits per heavy atom. The van der Waals surface area contributed by atoms with E-state index in [9.17, 15) is 0 Å². The van der Waals surface area contributed by atoms with Crippen molar-refractivity contribution >= 4 is 0 Å². The fourth-order valence-electron chi connectivity index (χ4n) is 2.35. The molecule has 104 valence electrons. The first-order chi connectivity index (χ1) is 9.74. The number of hydrogen-bond donors (Lipinski definition) is 0. The van der Waals surface area contributed by atoms with E-state index in [1.807, 2.05) is 24.3 Å². The SMILES string of the molecule is CC1CCC(C)Oc2cccnc2-c2ncccc2O1. The molecule has 0 amide bonds. The fraction of sp³-hybridized carbons (Fsp3) is 0.375. The molecule has 2 unspecified atom stereocenters. The van der Waals surface area contributed by atoms with Gasteiger partial charge in [0, 0.05) is 12.4 Å². The Labute approximate surface area is 118 Å². The van der Waals surface area contributed by atoms with Gasteiger partial charge in [-0.25, -0.2) is 0 Å². The third kappa shape index (κ3) is 2.59. The van der Waals surface area contributed by atoms with E-state index in [0.29, 0.717) is 0 Å². The van der Waals surface area contributed by atoms with E-state index in [1.54, 1.807) is 12.4 Å². The smallest absolute Gasteiger partial charge is 0.147 e. The first-order valence-corrected chi connectivity index (χ1v) is 6.98. The molecule has 3 heterocycles. The van der Waals surface area contributed by atoms with E-state index in [0.717, 1.165) is 35.7 Å². The zero-order valence-electron chi connectivity index (χ0n) is 11.7. The molecular formula is C16H18N2O2. The third-order valence-corrected chi connectivity index (χ3v) is 3.40. The fourth-order valence-corrected chi connectivity index (χ4v) is 2.35. The second-order valence-electron chi connectivity index (χ2n) is 5.13. The van der Waals surface area contributed by atoms with Crippen molar-refractivity contribution in [3.63, 3.8) is 0 Å². The van der Waals surface area contributed by atoms with Crippen molar-refractivity contribution in [3.05, 3.63) is 36.7 Å². The minimum atomic E-state index is 0.134. The van der Waals surface area contributed by atoms with Crippen LogP contribution in [0.15, 0.2) is 36.7 Å². The highest BCUT2D eigenvalue weighted by molar-refractivity contribution is 5.68. The second-order valence-corrected chi connectivity index (χ2v) is 5.13. The van der Waals surface area contributed by atoms with Gasteiger partial charge >= 0.3 is 0 Å². The van der Waals surface area contributed by atoms with Crippen LogP contribution in [0.4, 0.5) is 0 Å². The van der Waals surface area contributed by atoms with Crippen LogP contribution in [0.3, 0.4) is 0 Å². The molecule has 0 spiro atoms. The number of pyridine rings is 2. The van der Waals surface area contributed by atoms with Crippen LogP contribution in [-0.4, -0.2) is 22.2 Å². The highest BCUT2D eigenvalue weighted by atomic mass is 16.5. The molecule has 0 N–H and O–H groups in total. The van der Waals surface area contributed by atoms with E-state index in [4.69, 9.17) is 9.47 Å². The molecule has 0 bridgehead atoms. The van der Waals surface area contributed by atoms with E-state index < -0.39 is 0 Å². The van der Waals surface area contributed by atoms with Gasteiger partial charge in [0.1, 0.15) is 22.9 Å². The molecule has 2 atom stereocenters. The van der Waals surface area contributed by atoms with Crippen molar-refractivity contribution in [1.82, 2.24) is 9.97 Å². The summed E-state index contributed by atoms with van der Waals surface area (Å²) in [6.07, 6.45) is 5.67. The van der Waals surface area contributed by atoms with Crippen LogP contribution in [0, 0.1) is 0 Å². The maximum Gasteiger partial charge on any atom is 0.147 e. The van der Waals surface area contributed by atoms with Crippen LogP contribution in [0.25, 0.3) is 11.4 Å². The van der Waals surface area contributed by atoms with Crippen molar-refractivity contribution < 1.29 is 9.47 Å². The summed E-state index contributed by atoms with van der Waals surface area (Å²) >= 11 is 0. The summed E-state index contributed by atoms with van der Waals surface area (Å²) in [5.41, 5.74) is 1.48. The van der Waals surface area contributed by atoms with Crippen LogP contribution in [0.1, 0.15) is 26.7 Å². The maximum absolute atomic E-state index is 6.02. The van der Waals surface area contributed by atoms with Crippen LogP contribution >= 0.6 is 0 Å². The number of nitrogens with zero attached hydrogens (tertiary/aromatic N) is 2. The molecule has 4 nitrogen and oxygen atoms in total. The Morgan fingerprint density at radius 3 is 1.75 bits per heavy atom. The monoisotopic (exact) mass is 270 g/mol. The highest BCUT2D eigenvalue weighted by Crippen LogP contribution is 2.35. The Kier molecular flexibility index (Phi) is 3.54. The van der Waals surface area contributed by atoms with Gasteiger partial charge in [-0.2, -0.15) is 0 Å². The Balaban J connectivity index is 2.13. The molecular weight excluding hydrogens is 252 g/mol. The van der Waals surface area contributed by atoms with Gasteiger partial charge in [0.25, 0.3) is 0 Å². The molecule has 0 aromatic carbocycles. The van der Waals surface area contributed by atoms with E-state index in [1.165, 1.54) is 0 Å². The summed E-state index contributed by atoms with van der Waals surface area (Å²) < 4.78 is 12.0. The van der Waals surface area contributed by atoms with Gasteiger partial charge in [0.2, 0.25) is 0 Å². The highest BCUT2D eigenvalue weighted by Gasteiger charge is 2.20. The largest absolute Gasteiger partial charge is 0.488 e. The van der Waals surface area contributed by atoms with Crippen molar-refractivity contribution in [3.8, 4) is 22.9 Å². The van der Waals surface area contributed by atoms with Crippen LogP contribution < -0.4 is 9.47 Å². The topological polar surface area (TPSA) is 44.2 Å². The van der Waals surface area contributed by atoms with Gasteiger partial charge in [-0.15, -0.1) is 0 Å². The summed E-state index contributed by atoms with van der Waals surface area (Å²) in [5, 5.41) is 0. The normalized spacial score (nSPS) is 21.9. The summed E-state index contributed by atoms with van der Waals surface area (Å²) in [7, 11) is 0. The molecule has 0 fully saturated rings. The lowest BCUT2D eigenvalue weighted by Crippen LogP contribution is -2.20. The minimum Gasteiger partial charge on any atom is -0.488 e. The van der Waals surface area contributed by atoms with Gasteiger partial charge in [-0.3, -0.25) is 9.97 Å². The molecule has 0 saturated carbocycles. The zero-order valence-corrected chi connectivity index (χ0v) is 11.7. The Morgan fingerprint density at radius 2 is 1.30 bits per heavy atom. The Bertz CT molecular complexity index is 547. The first-order valence-electron chi connectivity index (χ1n) is 6.98. The lowest BCUT2D eigenvalue weighted by Gasteiger charge is -2.23. The Hall–Kier alpha value is -2.10. The van der Waals surface area contributed by atoms with Crippen LogP contribution in [0.2, 0.25) is 0 Å². The molecule has 4 heteroatoms. The standard InChI is InChI=1S/C16H18N2O2/c1-11-7-8-12(2)20-14-6-4-10-18-16(14)15-13(19-11)5-3-9-17-15/h3-6,9-12H,7-8H2,1-2H3. The number of aromatic nitrogens is 2. The van der Waals surface area contributed by atoms with Crippen molar-refractivity contribution in [2.45, 2.75) is 38.9 Å². The van der Waals surface area contributed by atoms with E-state index >= 15 is 0 Å². The van der Waals surface area contributed by atoms with Gasteiger partial charge in [-0.05, 0) is 51.0 Å². The zero-order chi connectivity index (χ0) is 13.9. The molecule has 0 saturated heterocycles. The predicted molar refractivity (Wildman–Crippen MR) is 76.9 cm³/mol. The molecule has 2 aromatic heterocycles. The number of ether oxygens (including phenoxy) is 2. The van der Waals surface area contributed by atoms with E-state index in [-0.39, 0.29) is 12.2 Å². The molecule has 0 radical (unpaired) electrons. The summed E-state index contributed by atoms with van der Waals surface area (Å²) in [5.74, 6) is 1.52. The number of fused-ring (bicyclic) bond motifs is 3. The van der Waals surface area contributed by atoms with Gasteiger partial charge in [0.05, 0.1) is 12.2 Å². The summed E-state index contributed by atoms with van der Waals surface area (Å²) in [4.78, 5) is 8.85. The van der Waals surface area contributed by atoms with Gasteiger partial charge in [-0.1, -0.05) is 0 Å². The molecule has 20 heavy (non-hydrogen) atoms. The predicted octanol–water partition coefficient (Wildman–Crippen LogP) is 3.47. The lowest BCUT2D eigenvalue weighted by molar-refractivity contribution is 0.157. The quantitative estimate of drug-likeness (QED) is 0.735. The van der Waals surface area contributed by atoms with E-state index in [2.05, 4.69) is 23.8 Å². The molecule has 2 aromatic rings. The summed E-state index contributed by atoms with van der Waals surface area (Å²) in [6, 6.07) is 7.62. The minimum absolute atomic E-state index is 0.134. The molecule has 1 aliphatic rings. The van der Waals surface area contributed by atoms with Crippen LogP contribution in [0.5, 0.6) is 11.5 Å². The van der Waals surface area contributed by atoms with Crippen molar-refractivity contribution in [2.24, 2.45) is 0 Å². The summed E-state index contributed by atoms with van der Waals surface area (Å²) in [6.45, 7) is 4.15.